The maximum absolute atomic E-state index is 14.4. The van der Waals surface area contributed by atoms with Gasteiger partial charge in [-0.15, -0.1) is 0 Å². The number of fused-ring (bicyclic) bond motifs is 2. The first-order chi connectivity index (χ1) is 23.4. The first-order valence-electron chi connectivity index (χ1n) is 16.9. The number of sulfonamides is 1. The summed E-state index contributed by atoms with van der Waals surface area (Å²) in [5.41, 5.74) is 2.49. The second kappa shape index (κ2) is 16.2. The minimum atomic E-state index is -3.91. The van der Waals surface area contributed by atoms with Gasteiger partial charge in [0.05, 0.1) is 35.3 Å². The van der Waals surface area contributed by atoms with E-state index in [4.69, 9.17) is 18.9 Å². The van der Waals surface area contributed by atoms with Crippen molar-refractivity contribution in [2.24, 2.45) is 5.92 Å². The van der Waals surface area contributed by atoms with Crippen molar-refractivity contribution in [3.63, 3.8) is 0 Å². The minimum Gasteiger partial charge on any atom is -0.490 e. The maximum Gasteiger partial charge on any atom is 0.261 e. The molecule has 0 aromatic heterocycles. The minimum absolute atomic E-state index is 0.105. The van der Waals surface area contributed by atoms with Gasteiger partial charge in [0.15, 0.2) is 11.5 Å². The Hall–Kier alpha value is -3.84. The largest absolute Gasteiger partial charge is 0.490 e. The van der Waals surface area contributed by atoms with E-state index in [1.54, 1.807) is 48.2 Å². The fraction of sp³-hybridized carbons (Fsp3) is 0.486. The number of hydrogen-bond acceptors (Lipinski definition) is 9. The summed E-state index contributed by atoms with van der Waals surface area (Å²) in [5.74, 6) is 1.38. The van der Waals surface area contributed by atoms with Crippen LogP contribution < -0.4 is 18.9 Å². The summed E-state index contributed by atoms with van der Waals surface area (Å²) in [4.78, 5) is 18.4. The molecule has 3 aromatic carbocycles. The molecule has 3 aromatic rings. The van der Waals surface area contributed by atoms with Gasteiger partial charge in [0.25, 0.3) is 15.9 Å². The molecule has 49 heavy (non-hydrogen) atoms. The number of rotatable bonds is 9. The average Bonchev–Trinajstić information content (AvgIpc) is 3.54. The SMILES string of the molecule is Cc1ccc(S(=O)(=O)Nc2ccc3c(c2)C(=O)N([C@H](C)CO)C[C@@H](C)[C@H](CN(C)Cc2ccc4c(c2)OCO4)OCCCC[C@@H](C)O3)cc1. The summed E-state index contributed by atoms with van der Waals surface area (Å²) in [6.07, 6.45) is 2.07. The number of aliphatic hydroxyl groups is 1. The normalized spacial score (nSPS) is 21.1. The van der Waals surface area contributed by atoms with E-state index in [9.17, 15) is 18.3 Å². The number of aryl methyl sites for hydroxylation is 1. The van der Waals surface area contributed by atoms with Crippen molar-refractivity contribution in [3.05, 3.63) is 77.4 Å². The molecule has 4 atom stereocenters. The van der Waals surface area contributed by atoms with Gasteiger partial charge >= 0.3 is 0 Å². The van der Waals surface area contributed by atoms with E-state index in [2.05, 4.69) is 16.5 Å². The Balaban J connectivity index is 1.40. The molecule has 0 unspecified atom stereocenters. The summed E-state index contributed by atoms with van der Waals surface area (Å²) in [6.45, 7) is 9.83. The summed E-state index contributed by atoms with van der Waals surface area (Å²) in [5, 5.41) is 10.3. The number of carbonyl (C=O) groups is 1. The quantitative estimate of drug-likeness (QED) is 0.301. The van der Waals surface area contributed by atoms with Crippen LogP contribution in [0.25, 0.3) is 0 Å². The molecule has 0 radical (unpaired) electrons. The van der Waals surface area contributed by atoms with Gasteiger partial charge in [-0.3, -0.25) is 14.4 Å². The van der Waals surface area contributed by atoms with E-state index < -0.39 is 16.1 Å². The molecule has 12 heteroatoms. The first kappa shape index (κ1) is 36.4. The molecule has 0 saturated heterocycles. The summed E-state index contributed by atoms with van der Waals surface area (Å²) in [7, 11) is -1.87. The van der Waals surface area contributed by atoms with Crippen LogP contribution in [0, 0.1) is 12.8 Å². The first-order valence-corrected chi connectivity index (χ1v) is 18.4. The second-order valence-corrected chi connectivity index (χ2v) is 15.0. The van der Waals surface area contributed by atoms with E-state index in [-0.39, 0.29) is 53.6 Å². The van der Waals surface area contributed by atoms with Gasteiger partial charge in [0, 0.05) is 37.8 Å². The van der Waals surface area contributed by atoms with Crippen LogP contribution in [-0.2, 0) is 21.3 Å². The van der Waals surface area contributed by atoms with Crippen LogP contribution >= 0.6 is 0 Å². The second-order valence-electron chi connectivity index (χ2n) is 13.3. The van der Waals surface area contributed by atoms with Gasteiger partial charge in [-0.05, 0) is 95.1 Å². The smallest absolute Gasteiger partial charge is 0.261 e. The molecular formula is C37H49N3O8S. The molecule has 266 valence electrons. The van der Waals surface area contributed by atoms with Crippen molar-refractivity contribution in [2.45, 2.75) is 76.6 Å². The zero-order chi connectivity index (χ0) is 35.1. The maximum atomic E-state index is 14.4. The fourth-order valence-electron chi connectivity index (χ4n) is 6.10. The third kappa shape index (κ3) is 9.45. The van der Waals surface area contributed by atoms with Crippen molar-refractivity contribution in [1.29, 1.82) is 0 Å². The Morgan fingerprint density at radius 2 is 1.73 bits per heavy atom. The molecule has 0 spiro atoms. The van der Waals surface area contributed by atoms with Crippen molar-refractivity contribution in [2.75, 3.05) is 44.9 Å². The van der Waals surface area contributed by atoms with Crippen LogP contribution in [0.15, 0.2) is 65.6 Å². The van der Waals surface area contributed by atoms with Gasteiger partial charge in [-0.1, -0.05) is 30.7 Å². The van der Waals surface area contributed by atoms with Gasteiger partial charge in [-0.2, -0.15) is 0 Å². The molecule has 5 rings (SSSR count). The molecule has 0 bridgehead atoms. The van der Waals surface area contributed by atoms with Crippen LogP contribution in [0.4, 0.5) is 5.69 Å². The lowest BCUT2D eigenvalue weighted by Crippen LogP contribution is -2.47. The summed E-state index contributed by atoms with van der Waals surface area (Å²) < 4.78 is 52.9. The number of nitrogens with zero attached hydrogens (tertiary/aromatic N) is 2. The van der Waals surface area contributed by atoms with E-state index >= 15 is 0 Å². The number of anilines is 1. The monoisotopic (exact) mass is 695 g/mol. The van der Waals surface area contributed by atoms with Gasteiger partial charge < -0.3 is 29.0 Å². The van der Waals surface area contributed by atoms with Gasteiger partial charge in [-0.25, -0.2) is 8.42 Å². The number of amides is 1. The highest BCUT2D eigenvalue weighted by atomic mass is 32.2. The van der Waals surface area contributed by atoms with Crippen LogP contribution in [0.1, 0.15) is 61.5 Å². The number of benzene rings is 3. The van der Waals surface area contributed by atoms with E-state index in [1.807, 2.05) is 39.1 Å². The van der Waals surface area contributed by atoms with Crippen molar-refractivity contribution in [3.8, 4) is 17.2 Å². The summed E-state index contributed by atoms with van der Waals surface area (Å²) >= 11 is 0. The lowest BCUT2D eigenvalue weighted by Gasteiger charge is -2.36. The number of carbonyl (C=O) groups excluding carboxylic acids is 1. The predicted molar refractivity (Wildman–Crippen MR) is 188 cm³/mol. The molecule has 1 amide bonds. The highest BCUT2D eigenvalue weighted by Gasteiger charge is 2.31. The molecule has 2 aliphatic heterocycles. The molecular weight excluding hydrogens is 646 g/mol. The fourth-order valence-corrected chi connectivity index (χ4v) is 7.15. The molecule has 2 aliphatic rings. The number of likely N-dealkylation sites (N-methyl/N-ethyl adjacent to an activating group) is 1. The Kier molecular flexibility index (Phi) is 12.1. The van der Waals surface area contributed by atoms with Gasteiger partial charge in [0.1, 0.15) is 5.75 Å². The summed E-state index contributed by atoms with van der Waals surface area (Å²) in [6, 6.07) is 16.8. The van der Waals surface area contributed by atoms with Crippen molar-refractivity contribution >= 4 is 21.6 Å². The Bertz CT molecular complexity index is 1680. The Morgan fingerprint density at radius 3 is 2.49 bits per heavy atom. The van der Waals surface area contributed by atoms with E-state index in [0.717, 1.165) is 41.9 Å². The third-order valence-corrected chi connectivity index (χ3v) is 10.4. The standard InChI is InChI=1S/C37H49N3O8S/c1-25-9-13-31(14-10-25)49(43,44)38-30-12-16-33-32(19-30)37(42)40(27(3)23-41)20-26(2)36(45-17-7-6-8-28(4)48-33)22-39(5)21-29-11-15-34-35(18-29)47-24-46-34/h9-16,18-19,26-28,36,38,41H,6-8,17,20-24H2,1-5H3/t26-,27-,28-,36+/m1/s1. The molecule has 0 aliphatic carbocycles. The number of aliphatic hydroxyl groups excluding tert-OH is 1. The van der Waals surface area contributed by atoms with Crippen LogP contribution in [-0.4, -0.2) is 87.6 Å². The molecule has 2 N–H and O–H groups in total. The van der Waals surface area contributed by atoms with Crippen molar-refractivity contribution in [1.82, 2.24) is 9.80 Å². The topological polar surface area (TPSA) is 127 Å². The lowest BCUT2D eigenvalue weighted by atomic mass is 10.0. The number of hydrogen-bond donors (Lipinski definition) is 2. The van der Waals surface area contributed by atoms with Gasteiger partial charge in [0.2, 0.25) is 6.79 Å². The predicted octanol–water partition coefficient (Wildman–Crippen LogP) is 5.45. The third-order valence-electron chi connectivity index (χ3n) is 9.02. The molecule has 11 nitrogen and oxygen atoms in total. The molecule has 0 saturated carbocycles. The number of nitrogens with one attached hydrogen (secondary N) is 1. The highest BCUT2D eigenvalue weighted by molar-refractivity contribution is 7.92. The van der Waals surface area contributed by atoms with Crippen LogP contribution in [0.3, 0.4) is 0 Å². The van der Waals surface area contributed by atoms with E-state index in [1.165, 1.54) is 6.07 Å². The lowest BCUT2D eigenvalue weighted by molar-refractivity contribution is -0.0177. The average molecular weight is 696 g/mol. The van der Waals surface area contributed by atoms with E-state index in [0.29, 0.717) is 32.0 Å². The van der Waals surface area contributed by atoms with Crippen molar-refractivity contribution < 1.29 is 37.3 Å². The van der Waals surface area contributed by atoms with Crippen LogP contribution in [0.5, 0.6) is 17.2 Å². The highest BCUT2D eigenvalue weighted by Crippen LogP contribution is 2.33. The zero-order valence-corrected chi connectivity index (χ0v) is 29.9. The molecule has 0 fully saturated rings. The Morgan fingerprint density at radius 1 is 1.00 bits per heavy atom. The Labute approximate surface area is 290 Å². The number of ether oxygens (including phenoxy) is 4. The zero-order valence-electron chi connectivity index (χ0n) is 29.1. The van der Waals surface area contributed by atoms with Crippen LogP contribution in [0.2, 0.25) is 0 Å². The molecule has 2 heterocycles.